The molecule has 0 spiro atoms. The molecule has 0 bridgehead atoms. The van der Waals surface area contributed by atoms with Gasteiger partial charge in [0.1, 0.15) is 11.8 Å². The number of fused-ring (bicyclic) bond motifs is 1. The lowest BCUT2D eigenvalue weighted by molar-refractivity contribution is -0.144. The Morgan fingerprint density at radius 2 is 2.26 bits per heavy atom. The quantitative estimate of drug-likeness (QED) is 0.744. The Bertz CT molecular complexity index is 921. The van der Waals surface area contributed by atoms with E-state index in [1.54, 1.807) is 12.5 Å². The predicted octanol–water partition coefficient (Wildman–Crippen LogP) is 0.854. The molecule has 0 radical (unpaired) electrons. The highest BCUT2D eigenvalue weighted by atomic mass is 16.5. The summed E-state index contributed by atoms with van der Waals surface area (Å²) in [5.74, 6) is 0.0732. The molecule has 0 saturated heterocycles. The zero-order valence-corrected chi connectivity index (χ0v) is 15.0. The van der Waals surface area contributed by atoms with E-state index in [1.807, 2.05) is 28.8 Å². The van der Waals surface area contributed by atoms with Crippen LogP contribution in [0.15, 0.2) is 36.7 Å². The molecular formula is C18H22N6O3. The molecule has 1 saturated carbocycles. The third kappa shape index (κ3) is 3.14. The summed E-state index contributed by atoms with van der Waals surface area (Å²) in [5, 5.41) is 9.64. The van der Waals surface area contributed by atoms with Crippen LogP contribution in [0.25, 0.3) is 11.2 Å². The first-order valence-corrected chi connectivity index (χ1v) is 8.88. The van der Waals surface area contributed by atoms with Gasteiger partial charge in [0.2, 0.25) is 0 Å². The van der Waals surface area contributed by atoms with Gasteiger partial charge >= 0.3 is 5.97 Å². The van der Waals surface area contributed by atoms with Gasteiger partial charge in [-0.1, -0.05) is 6.08 Å². The number of rotatable bonds is 5. The van der Waals surface area contributed by atoms with E-state index in [4.69, 9.17) is 10.5 Å². The average Bonchev–Trinajstić information content (AvgIpc) is 3.06. The first kappa shape index (κ1) is 17.5. The van der Waals surface area contributed by atoms with Crippen molar-refractivity contribution in [2.24, 2.45) is 11.8 Å². The maximum atomic E-state index is 12.4. The van der Waals surface area contributed by atoms with Gasteiger partial charge in [-0.05, 0) is 18.5 Å². The molecular weight excluding hydrogens is 348 g/mol. The van der Waals surface area contributed by atoms with Crippen LogP contribution in [0, 0.1) is 11.8 Å². The van der Waals surface area contributed by atoms with E-state index in [1.165, 1.54) is 6.33 Å². The zero-order valence-electron chi connectivity index (χ0n) is 15.0. The molecule has 3 atom stereocenters. The number of esters is 1. The van der Waals surface area contributed by atoms with E-state index in [0.717, 1.165) is 6.42 Å². The van der Waals surface area contributed by atoms with Gasteiger partial charge in [0.15, 0.2) is 11.5 Å². The smallest absolute Gasteiger partial charge is 0.335 e. The molecule has 1 fully saturated rings. The van der Waals surface area contributed by atoms with E-state index < -0.39 is 0 Å². The molecule has 2 aromatic heterocycles. The Hall–Kier alpha value is -2.94. The van der Waals surface area contributed by atoms with Crippen LogP contribution in [-0.4, -0.2) is 55.8 Å². The fraction of sp³-hybridized carbons (Fsp3) is 0.444. The number of carbonyl (C=O) groups excluding carboxylic acids is 1. The Morgan fingerprint density at radius 1 is 1.41 bits per heavy atom. The predicted molar refractivity (Wildman–Crippen MR) is 98.0 cm³/mol. The summed E-state index contributed by atoms with van der Waals surface area (Å²) in [4.78, 5) is 26.7. The molecule has 2 aliphatic rings. The highest BCUT2D eigenvalue weighted by Crippen LogP contribution is 2.45. The topological polar surface area (TPSA) is 119 Å². The number of aromatic nitrogens is 4. The maximum absolute atomic E-state index is 12.4. The van der Waals surface area contributed by atoms with E-state index >= 15 is 0 Å². The second kappa shape index (κ2) is 6.99. The molecule has 0 amide bonds. The summed E-state index contributed by atoms with van der Waals surface area (Å²) in [5.41, 5.74) is 7.69. The largest absolute Gasteiger partial charge is 0.462 e. The van der Waals surface area contributed by atoms with Crippen LogP contribution >= 0.6 is 0 Å². The number of anilines is 1. The number of nitrogens with zero attached hydrogens (tertiary/aromatic N) is 5. The lowest BCUT2D eigenvalue weighted by Crippen LogP contribution is -2.43. The maximum Gasteiger partial charge on any atom is 0.335 e. The molecule has 3 heterocycles. The van der Waals surface area contributed by atoms with E-state index in [9.17, 15) is 9.90 Å². The number of nitrogens with two attached hydrogens (primary N) is 1. The number of ether oxygens (including phenoxy) is 1. The van der Waals surface area contributed by atoms with Crippen LogP contribution < -0.4 is 5.73 Å². The van der Waals surface area contributed by atoms with E-state index in [2.05, 4.69) is 15.0 Å². The van der Waals surface area contributed by atoms with E-state index in [-0.39, 0.29) is 37.1 Å². The fourth-order valence-electron chi connectivity index (χ4n) is 3.76. The second-order valence-corrected chi connectivity index (χ2v) is 7.00. The first-order valence-electron chi connectivity index (χ1n) is 8.88. The van der Waals surface area contributed by atoms with Gasteiger partial charge in [0.05, 0.1) is 18.5 Å². The van der Waals surface area contributed by atoms with Crippen molar-refractivity contribution in [2.45, 2.75) is 18.9 Å². The minimum Gasteiger partial charge on any atom is -0.462 e. The van der Waals surface area contributed by atoms with Crippen molar-refractivity contribution in [1.29, 1.82) is 0 Å². The summed E-state index contributed by atoms with van der Waals surface area (Å²) >= 11 is 0. The van der Waals surface area contributed by atoms with Gasteiger partial charge in [-0.3, -0.25) is 0 Å². The highest BCUT2D eigenvalue weighted by Gasteiger charge is 2.43. The van der Waals surface area contributed by atoms with Crippen molar-refractivity contribution < 1.29 is 14.6 Å². The molecule has 9 nitrogen and oxygen atoms in total. The zero-order chi connectivity index (χ0) is 19.0. The number of aliphatic hydroxyl groups is 1. The number of allylic oxidation sites excluding steroid dienone is 1. The Morgan fingerprint density at radius 3 is 3.04 bits per heavy atom. The monoisotopic (exact) mass is 370 g/mol. The van der Waals surface area contributed by atoms with Gasteiger partial charge < -0.3 is 25.0 Å². The average molecular weight is 370 g/mol. The molecule has 4 rings (SSSR count). The van der Waals surface area contributed by atoms with Crippen LogP contribution in [0.1, 0.15) is 18.9 Å². The van der Waals surface area contributed by atoms with Gasteiger partial charge in [-0.2, -0.15) is 0 Å². The second-order valence-electron chi connectivity index (χ2n) is 7.00. The number of imidazole rings is 1. The number of hydrogen-bond acceptors (Lipinski definition) is 8. The number of nitrogen functional groups attached to an aromatic ring is 1. The van der Waals surface area contributed by atoms with Crippen molar-refractivity contribution in [3.05, 3.63) is 36.7 Å². The van der Waals surface area contributed by atoms with Gasteiger partial charge in [-0.15, -0.1) is 0 Å². The SMILES string of the molecule is CN1C=CCC(C(=O)OCC2C(CO)CC2n2cnc3c(N)ncnc32)=C1. The van der Waals surface area contributed by atoms with E-state index in [0.29, 0.717) is 29.0 Å². The van der Waals surface area contributed by atoms with Crippen LogP contribution in [0.4, 0.5) is 5.82 Å². The van der Waals surface area contributed by atoms with Gasteiger partial charge in [0.25, 0.3) is 0 Å². The van der Waals surface area contributed by atoms with Crippen molar-refractivity contribution in [2.75, 3.05) is 26.0 Å². The van der Waals surface area contributed by atoms with Crippen molar-refractivity contribution in [3.8, 4) is 0 Å². The van der Waals surface area contributed by atoms with Crippen LogP contribution in [0.3, 0.4) is 0 Å². The minimum atomic E-state index is -0.324. The lowest BCUT2D eigenvalue weighted by Gasteiger charge is -2.44. The molecule has 1 aliphatic heterocycles. The van der Waals surface area contributed by atoms with Gasteiger partial charge in [-0.25, -0.2) is 19.7 Å². The van der Waals surface area contributed by atoms with Crippen molar-refractivity contribution >= 4 is 23.0 Å². The fourth-order valence-corrected chi connectivity index (χ4v) is 3.76. The molecule has 3 N–H and O–H groups in total. The summed E-state index contributed by atoms with van der Waals surface area (Å²) in [6.07, 6.45) is 10.0. The molecule has 0 aromatic carbocycles. The Balaban J connectivity index is 1.48. The Kier molecular flexibility index (Phi) is 4.53. The summed E-state index contributed by atoms with van der Waals surface area (Å²) in [7, 11) is 1.87. The van der Waals surface area contributed by atoms with Crippen LogP contribution in [0.5, 0.6) is 0 Å². The summed E-state index contributed by atoms with van der Waals surface area (Å²) in [6, 6.07) is 0.0390. The molecule has 9 heteroatoms. The highest BCUT2D eigenvalue weighted by molar-refractivity contribution is 5.88. The molecule has 1 aliphatic carbocycles. The van der Waals surface area contributed by atoms with Crippen molar-refractivity contribution in [3.63, 3.8) is 0 Å². The Labute approximate surface area is 156 Å². The number of carbonyl (C=O) groups is 1. The van der Waals surface area contributed by atoms with Crippen LogP contribution in [0.2, 0.25) is 0 Å². The minimum absolute atomic E-state index is 0.00926. The first-order chi connectivity index (χ1) is 13.1. The van der Waals surface area contributed by atoms with Crippen molar-refractivity contribution in [1.82, 2.24) is 24.4 Å². The summed E-state index contributed by atoms with van der Waals surface area (Å²) in [6.45, 7) is 0.288. The molecule has 2 aromatic rings. The molecule has 3 unspecified atom stereocenters. The third-order valence-corrected chi connectivity index (χ3v) is 5.33. The standard InChI is InChI=1S/C18H22N6O3/c1-23-4-2-3-11(6-23)18(26)27-8-13-12(7-25)5-14(13)24-10-22-15-16(19)20-9-21-17(15)24/h2,4,6,9-10,12-14,25H,3,5,7-8H2,1H3,(H2,19,20,21). The third-order valence-electron chi connectivity index (χ3n) is 5.33. The number of aliphatic hydroxyl groups excluding tert-OH is 1. The molecule has 27 heavy (non-hydrogen) atoms. The normalized spacial score (nSPS) is 24.6. The summed E-state index contributed by atoms with van der Waals surface area (Å²) < 4.78 is 7.50. The van der Waals surface area contributed by atoms with Crippen LogP contribution in [-0.2, 0) is 9.53 Å². The van der Waals surface area contributed by atoms with Gasteiger partial charge in [0, 0.05) is 38.2 Å². The molecule has 142 valence electrons. The lowest BCUT2D eigenvalue weighted by atomic mass is 9.70. The number of hydrogen-bond donors (Lipinski definition) is 2.